The molecule has 0 heterocycles. The number of ether oxygens (including phenoxy) is 4. The van der Waals surface area contributed by atoms with Crippen LogP contribution in [0.1, 0.15) is 113 Å². The smallest absolute Gasteiger partial charge is 0.312 e. The largest absolute Gasteiger partial charge is 0.469 e. The molecule has 5 rings (SSSR count). The molecule has 1 N–H and O–H groups in total. The molecule has 0 amide bonds. The molecule has 9 heteroatoms. The molecule has 258 valence electrons. The van der Waals surface area contributed by atoms with E-state index in [1.807, 2.05) is 6.92 Å². The van der Waals surface area contributed by atoms with Crippen molar-refractivity contribution in [3.63, 3.8) is 0 Å². The third-order valence-electron chi connectivity index (χ3n) is 14.6. The van der Waals surface area contributed by atoms with E-state index in [1.54, 1.807) is 0 Å². The van der Waals surface area contributed by atoms with Gasteiger partial charge in [0.05, 0.1) is 23.5 Å². The predicted molar refractivity (Wildman–Crippen MR) is 170 cm³/mol. The maximum absolute atomic E-state index is 13.6. The van der Waals surface area contributed by atoms with Crippen molar-refractivity contribution in [2.45, 2.75) is 125 Å². The van der Waals surface area contributed by atoms with E-state index in [-0.39, 0.29) is 59.1 Å². The van der Waals surface area contributed by atoms with Crippen molar-refractivity contribution < 1.29 is 43.2 Å². The zero-order valence-electron chi connectivity index (χ0n) is 29.5. The van der Waals surface area contributed by atoms with E-state index in [1.165, 1.54) is 33.5 Å². The van der Waals surface area contributed by atoms with E-state index in [0.29, 0.717) is 19.3 Å². The summed E-state index contributed by atoms with van der Waals surface area (Å²) in [5, 5.41) is 12.2. The fraction of sp³-hybridized carbons (Fsp3) is 0.838. The Morgan fingerprint density at radius 2 is 1.46 bits per heavy atom. The van der Waals surface area contributed by atoms with Gasteiger partial charge in [-0.3, -0.25) is 19.2 Å². The van der Waals surface area contributed by atoms with Crippen molar-refractivity contribution >= 4 is 23.9 Å². The van der Waals surface area contributed by atoms with Crippen LogP contribution in [0.2, 0.25) is 0 Å². The lowest BCUT2D eigenvalue weighted by atomic mass is 9.33. The van der Waals surface area contributed by atoms with Crippen LogP contribution in [0.3, 0.4) is 0 Å². The Morgan fingerprint density at radius 3 is 2.02 bits per heavy atom. The van der Waals surface area contributed by atoms with Gasteiger partial charge in [0.1, 0.15) is 19.3 Å². The summed E-state index contributed by atoms with van der Waals surface area (Å²) in [7, 11) is 1.47. The first kappa shape index (κ1) is 34.9. The second kappa shape index (κ2) is 11.6. The summed E-state index contributed by atoms with van der Waals surface area (Å²) in [6.45, 7) is 15.3. The molecule has 0 radical (unpaired) electrons. The van der Waals surface area contributed by atoms with Crippen molar-refractivity contribution in [1.82, 2.24) is 0 Å². The number of hydrogen-bond acceptors (Lipinski definition) is 9. The molecular weight excluding hydrogens is 588 g/mol. The van der Waals surface area contributed by atoms with Crippen LogP contribution < -0.4 is 0 Å². The average molecular weight is 645 g/mol. The van der Waals surface area contributed by atoms with Crippen LogP contribution in [0, 0.1) is 50.7 Å². The Bertz CT molecular complexity index is 1280. The lowest BCUT2D eigenvalue weighted by Crippen LogP contribution is -2.69. The van der Waals surface area contributed by atoms with E-state index >= 15 is 0 Å². The van der Waals surface area contributed by atoms with Crippen molar-refractivity contribution in [3.05, 3.63) is 11.6 Å². The van der Waals surface area contributed by atoms with Gasteiger partial charge in [-0.2, -0.15) is 0 Å². The van der Waals surface area contributed by atoms with Crippen molar-refractivity contribution in [3.8, 4) is 0 Å². The molecule has 0 aliphatic heterocycles. The van der Waals surface area contributed by atoms with Crippen LogP contribution in [-0.4, -0.2) is 61.0 Å². The highest BCUT2D eigenvalue weighted by Gasteiger charge is 2.72. The molecule has 0 aromatic rings. The summed E-state index contributed by atoms with van der Waals surface area (Å²) in [5.41, 5.74) is -2.17. The Labute approximate surface area is 274 Å². The van der Waals surface area contributed by atoms with Gasteiger partial charge in [0.15, 0.2) is 0 Å². The van der Waals surface area contributed by atoms with Gasteiger partial charge in [0, 0.05) is 26.7 Å². The van der Waals surface area contributed by atoms with Crippen LogP contribution in [-0.2, 0) is 38.1 Å². The number of aliphatic hydroxyl groups is 1. The normalized spacial score (nSPS) is 44.1. The van der Waals surface area contributed by atoms with Gasteiger partial charge in [-0.05, 0) is 98.7 Å². The molecule has 4 fully saturated rings. The Hall–Kier alpha value is -2.42. The lowest BCUT2D eigenvalue weighted by Gasteiger charge is -2.72. The zero-order valence-corrected chi connectivity index (χ0v) is 29.5. The fourth-order valence-electron chi connectivity index (χ4n) is 11.9. The summed E-state index contributed by atoms with van der Waals surface area (Å²) < 4.78 is 22.9. The molecule has 9 nitrogen and oxygen atoms in total. The van der Waals surface area contributed by atoms with Gasteiger partial charge >= 0.3 is 23.9 Å². The summed E-state index contributed by atoms with van der Waals surface area (Å²) >= 11 is 0. The molecule has 10 atom stereocenters. The van der Waals surface area contributed by atoms with Crippen molar-refractivity contribution in [2.24, 2.45) is 50.7 Å². The van der Waals surface area contributed by atoms with Crippen LogP contribution >= 0.6 is 0 Å². The number of esters is 4. The van der Waals surface area contributed by atoms with Gasteiger partial charge in [-0.1, -0.05) is 39.3 Å². The molecule has 0 aromatic heterocycles. The molecule has 4 saturated carbocycles. The first-order chi connectivity index (χ1) is 21.4. The van der Waals surface area contributed by atoms with Crippen molar-refractivity contribution in [1.29, 1.82) is 0 Å². The molecule has 5 aliphatic carbocycles. The summed E-state index contributed by atoms with van der Waals surface area (Å²) in [4.78, 5) is 50.4. The number of rotatable bonds is 6. The highest BCUT2D eigenvalue weighted by Crippen LogP contribution is 2.76. The first-order valence-corrected chi connectivity index (χ1v) is 17.3. The highest BCUT2D eigenvalue weighted by molar-refractivity contribution is 5.79. The predicted octanol–water partition coefficient (Wildman–Crippen LogP) is 5.95. The Morgan fingerprint density at radius 1 is 0.826 bits per heavy atom. The molecule has 0 unspecified atom stereocenters. The maximum Gasteiger partial charge on any atom is 0.312 e. The van der Waals surface area contributed by atoms with Crippen LogP contribution in [0.25, 0.3) is 0 Å². The minimum absolute atomic E-state index is 0.0000863. The Kier molecular flexibility index (Phi) is 8.82. The summed E-state index contributed by atoms with van der Waals surface area (Å²) in [6.07, 6.45) is 8.55. The number of allylic oxidation sites excluding steroid dienone is 1. The topological polar surface area (TPSA) is 125 Å². The molecule has 46 heavy (non-hydrogen) atoms. The number of hydrogen-bond donors (Lipinski definition) is 1. The quantitative estimate of drug-likeness (QED) is 0.212. The molecule has 0 spiro atoms. The monoisotopic (exact) mass is 644 g/mol. The molecule has 0 saturated heterocycles. The maximum atomic E-state index is 13.6. The van der Waals surface area contributed by atoms with Gasteiger partial charge in [0.25, 0.3) is 0 Å². The zero-order chi connectivity index (χ0) is 34.1. The molecule has 5 aliphatic rings. The third kappa shape index (κ3) is 4.87. The van der Waals surface area contributed by atoms with Crippen LogP contribution in [0.4, 0.5) is 0 Å². The van der Waals surface area contributed by atoms with Gasteiger partial charge < -0.3 is 24.1 Å². The molecule has 0 bridgehead atoms. The van der Waals surface area contributed by atoms with E-state index in [2.05, 4.69) is 33.8 Å². The highest BCUT2D eigenvalue weighted by atomic mass is 16.6. The van der Waals surface area contributed by atoms with Gasteiger partial charge in [0.2, 0.25) is 0 Å². The summed E-state index contributed by atoms with van der Waals surface area (Å²) in [5.74, 6) is -1.60. The lowest BCUT2D eigenvalue weighted by molar-refractivity contribution is -0.244. The molecule has 0 aromatic carbocycles. The standard InChI is InChI=1S/C37H56O9/c1-22-12-17-36(31(41)43-9)19-18-33(6)26(30(36)35(22,8)42)10-11-27-32(5)15-14-29(46-25(4)40)37(20-44-23(2)38,21-45-24(3)39)28(32)13-16-34(27,33)7/h10,22,27-30,42H,11-21H2,1-9H3/t22-,27+,28+,29-,30-,32-,33+,34+,35+,36-/m1/s1. The average Bonchev–Trinajstić information content (AvgIpc) is 2.97. The number of carbonyl (C=O) groups excluding carboxylic acids is 4. The molecular formula is C37H56O9. The van der Waals surface area contributed by atoms with Gasteiger partial charge in [-0.25, -0.2) is 0 Å². The third-order valence-corrected chi connectivity index (χ3v) is 14.6. The number of methoxy groups -OCH3 is 1. The van der Waals surface area contributed by atoms with E-state index in [4.69, 9.17) is 18.9 Å². The number of fused-ring (bicyclic) bond motifs is 7. The van der Waals surface area contributed by atoms with Crippen LogP contribution in [0.15, 0.2) is 11.6 Å². The van der Waals surface area contributed by atoms with Crippen molar-refractivity contribution in [2.75, 3.05) is 20.3 Å². The second-order valence-electron chi connectivity index (χ2n) is 16.5. The number of carbonyl (C=O) groups is 4. The Balaban J connectivity index is 1.63. The van der Waals surface area contributed by atoms with E-state index in [0.717, 1.165) is 38.5 Å². The second-order valence-corrected chi connectivity index (χ2v) is 16.5. The first-order valence-electron chi connectivity index (χ1n) is 17.3. The fourth-order valence-corrected chi connectivity index (χ4v) is 11.9. The van der Waals surface area contributed by atoms with Crippen LogP contribution in [0.5, 0.6) is 0 Å². The minimum atomic E-state index is -1.06. The minimum Gasteiger partial charge on any atom is -0.469 e. The SMILES string of the molecule is COC(=O)[C@@]12CC[C@@H](C)[C@](C)(O)[C@H]1C1=CC[C@H]3[C@@]4(C)CC[C@@H](OC(C)=O)C(COC(C)=O)(COC(C)=O)[C@H]4CC[C@]3(C)[C@@]1(C)CC2. The van der Waals surface area contributed by atoms with Gasteiger partial charge in [-0.15, -0.1) is 0 Å². The van der Waals surface area contributed by atoms with E-state index in [9.17, 15) is 24.3 Å². The summed E-state index contributed by atoms with van der Waals surface area (Å²) in [6, 6.07) is 0. The van der Waals surface area contributed by atoms with E-state index < -0.39 is 40.4 Å².